The van der Waals surface area contributed by atoms with Gasteiger partial charge in [0.25, 0.3) is 5.56 Å². The lowest BCUT2D eigenvalue weighted by Gasteiger charge is -2.24. The Labute approximate surface area is 180 Å². The summed E-state index contributed by atoms with van der Waals surface area (Å²) in [5, 5.41) is 0.336. The number of halogens is 1. The normalized spacial score (nSPS) is 22.4. The molecule has 0 amide bonds. The molecule has 0 saturated heterocycles. The molecule has 3 heterocycles. The first-order chi connectivity index (χ1) is 14.9. The second kappa shape index (κ2) is 6.41. The van der Waals surface area contributed by atoms with Gasteiger partial charge in [-0.25, -0.2) is 4.39 Å². The van der Waals surface area contributed by atoms with E-state index in [1.54, 1.807) is 17.2 Å². The quantitative estimate of drug-likeness (QED) is 0.523. The monoisotopic (exact) mass is 443 g/mol. The molecule has 0 bridgehead atoms. The lowest BCUT2D eigenvalue weighted by Crippen LogP contribution is -2.39. The Morgan fingerprint density at radius 1 is 1.29 bits per heavy atom. The number of anilines is 1. The highest BCUT2D eigenvalue weighted by molar-refractivity contribution is 7.12. The summed E-state index contributed by atoms with van der Waals surface area (Å²) < 4.78 is 20.0. The van der Waals surface area contributed by atoms with E-state index in [0.717, 1.165) is 42.9 Å². The van der Waals surface area contributed by atoms with Crippen molar-refractivity contribution in [2.75, 3.05) is 18.6 Å². The van der Waals surface area contributed by atoms with E-state index < -0.39 is 16.8 Å². The Kier molecular flexibility index (Phi) is 3.93. The predicted octanol–water partition coefficient (Wildman–Crippen LogP) is 2.30. The van der Waals surface area contributed by atoms with Crippen LogP contribution in [0.2, 0.25) is 0 Å². The highest BCUT2D eigenvalue weighted by Gasteiger charge is 2.50. The summed E-state index contributed by atoms with van der Waals surface area (Å²) in [5.41, 5.74) is 9.73. The number of aromatic amines is 1. The van der Waals surface area contributed by atoms with Crippen molar-refractivity contribution >= 4 is 38.3 Å². The number of hydrogen-bond donors (Lipinski definition) is 3. The maximum absolute atomic E-state index is 15.3. The fourth-order valence-corrected chi connectivity index (χ4v) is 5.74. The molecule has 4 N–H and O–H groups in total. The summed E-state index contributed by atoms with van der Waals surface area (Å²) in [6.45, 7) is 0.430. The van der Waals surface area contributed by atoms with Crippen LogP contribution in [0.3, 0.4) is 0 Å². The molecule has 2 aromatic heterocycles. The number of nitrogens with zero attached hydrogens (tertiary/aromatic N) is 2. The summed E-state index contributed by atoms with van der Waals surface area (Å²) in [5.74, 6) is -0.575. The standard InChI is InChI=1S/C21H22FN5O3S/c1-30-24-13-9-26(8-11(13)21(23)6-7-21)17-12(22)4-5-14-15(17)18(28)16-19(29)25-31-20(16)27(14)10-2-3-10/h4-5,9-11,24H,2-3,6-8,23H2,1H3,(H,25,29). The lowest BCUT2D eigenvalue weighted by atomic mass is 9.96. The number of hydroxylamine groups is 1. The zero-order valence-electron chi connectivity index (χ0n) is 16.9. The van der Waals surface area contributed by atoms with Crippen LogP contribution in [0.4, 0.5) is 10.1 Å². The molecule has 10 heteroatoms. The van der Waals surface area contributed by atoms with Crippen LogP contribution >= 0.6 is 11.5 Å². The van der Waals surface area contributed by atoms with Crippen molar-refractivity contribution in [1.29, 1.82) is 0 Å². The van der Waals surface area contributed by atoms with Crippen molar-refractivity contribution < 1.29 is 9.23 Å². The second-order valence-corrected chi connectivity index (χ2v) is 9.56. The Morgan fingerprint density at radius 3 is 2.74 bits per heavy atom. The number of fused-ring (bicyclic) bond motifs is 2. The van der Waals surface area contributed by atoms with E-state index in [1.807, 2.05) is 4.57 Å². The van der Waals surface area contributed by atoms with Crippen LogP contribution in [0.25, 0.3) is 21.1 Å². The van der Waals surface area contributed by atoms with Gasteiger partial charge in [-0.2, -0.15) is 0 Å². The van der Waals surface area contributed by atoms with Gasteiger partial charge in [0.05, 0.1) is 29.4 Å². The van der Waals surface area contributed by atoms with Gasteiger partial charge in [-0.15, -0.1) is 0 Å². The highest BCUT2D eigenvalue weighted by Crippen LogP contribution is 2.47. The zero-order valence-corrected chi connectivity index (χ0v) is 17.7. The van der Waals surface area contributed by atoms with Gasteiger partial charge in [-0.1, -0.05) is 0 Å². The minimum Gasteiger partial charge on any atom is -0.342 e. The van der Waals surface area contributed by atoms with Crippen LogP contribution in [0.1, 0.15) is 31.7 Å². The topological polar surface area (TPSA) is 105 Å². The number of pyridine rings is 1. The Morgan fingerprint density at radius 2 is 2.06 bits per heavy atom. The predicted molar refractivity (Wildman–Crippen MR) is 118 cm³/mol. The smallest absolute Gasteiger partial charge is 0.271 e. The van der Waals surface area contributed by atoms with Crippen molar-refractivity contribution in [3.05, 3.63) is 50.4 Å². The van der Waals surface area contributed by atoms with Crippen molar-refractivity contribution in [3.8, 4) is 0 Å². The van der Waals surface area contributed by atoms with Gasteiger partial charge in [0.15, 0.2) is 0 Å². The van der Waals surface area contributed by atoms with Crippen LogP contribution in [0.15, 0.2) is 33.6 Å². The molecule has 2 fully saturated rings. The Hall–Kier alpha value is -2.69. The molecule has 1 unspecified atom stereocenters. The molecule has 1 atom stereocenters. The van der Waals surface area contributed by atoms with Gasteiger partial charge in [-0.05, 0) is 49.3 Å². The molecule has 2 aliphatic carbocycles. The van der Waals surface area contributed by atoms with Crippen LogP contribution in [0.5, 0.6) is 0 Å². The minimum atomic E-state index is -0.506. The number of H-pyrrole nitrogens is 1. The van der Waals surface area contributed by atoms with Crippen molar-refractivity contribution in [2.24, 2.45) is 11.7 Å². The molecular formula is C21H22FN5O3S. The van der Waals surface area contributed by atoms with E-state index in [0.29, 0.717) is 16.9 Å². The van der Waals surface area contributed by atoms with E-state index in [1.165, 1.54) is 13.2 Å². The Bertz CT molecular complexity index is 1380. The first-order valence-corrected chi connectivity index (χ1v) is 11.2. The zero-order chi connectivity index (χ0) is 21.5. The SMILES string of the molecule is CONC1=CN(c2c(F)ccc3c2c(=O)c2c(=O)[nH]sc2n3C2CC2)CC1C1(N)CC1. The van der Waals surface area contributed by atoms with E-state index in [2.05, 4.69) is 9.85 Å². The summed E-state index contributed by atoms with van der Waals surface area (Å²) in [4.78, 5) is 33.4. The molecule has 162 valence electrons. The van der Waals surface area contributed by atoms with Gasteiger partial charge < -0.3 is 15.2 Å². The summed E-state index contributed by atoms with van der Waals surface area (Å²) in [7, 11) is 1.52. The first kappa shape index (κ1) is 19.0. The third-order valence-electron chi connectivity index (χ3n) is 6.71. The second-order valence-electron chi connectivity index (χ2n) is 8.76. The number of benzene rings is 1. The number of aromatic nitrogens is 2. The maximum atomic E-state index is 15.3. The molecule has 2 saturated carbocycles. The largest absolute Gasteiger partial charge is 0.342 e. The molecule has 3 aromatic rings. The first-order valence-electron chi connectivity index (χ1n) is 10.4. The molecule has 1 aromatic carbocycles. The van der Waals surface area contributed by atoms with Gasteiger partial charge in [0, 0.05) is 30.2 Å². The van der Waals surface area contributed by atoms with E-state index in [-0.39, 0.29) is 34.0 Å². The average Bonchev–Trinajstić information content (AvgIpc) is 3.64. The minimum absolute atomic E-state index is 0.0685. The van der Waals surface area contributed by atoms with Crippen molar-refractivity contribution in [2.45, 2.75) is 37.3 Å². The van der Waals surface area contributed by atoms with Crippen LogP contribution in [-0.4, -0.2) is 28.1 Å². The molecular weight excluding hydrogens is 421 g/mol. The number of hydrogen-bond acceptors (Lipinski definition) is 7. The van der Waals surface area contributed by atoms with E-state index in [4.69, 9.17) is 10.6 Å². The molecule has 8 nitrogen and oxygen atoms in total. The third kappa shape index (κ3) is 2.71. The molecule has 6 rings (SSSR count). The number of rotatable bonds is 5. The summed E-state index contributed by atoms with van der Waals surface area (Å²) in [6, 6.07) is 3.26. The molecule has 31 heavy (non-hydrogen) atoms. The molecule has 0 radical (unpaired) electrons. The maximum Gasteiger partial charge on any atom is 0.271 e. The summed E-state index contributed by atoms with van der Waals surface area (Å²) in [6.07, 6.45) is 5.46. The van der Waals surface area contributed by atoms with Gasteiger partial charge >= 0.3 is 0 Å². The fourth-order valence-electron chi connectivity index (χ4n) is 4.81. The van der Waals surface area contributed by atoms with Crippen molar-refractivity contribution in [1.82, 2.24) is 14.4 Å². The molecule has 1 aliphatic heterocycles. The van der Waals surface area contributed by atoms with Crippen molar-refractivity contribution in [3.63, 3.8) is 0 Å². The van der Waals surface area contributed by atoms with Gasteiger partial charge in [0.2, 0.25) is 5.43 Å². The highest BCUT2D eigenvalue weighted by atomic mass is 32.1. The average molecular weight is 444 g/mol. The van der Waals surface area contributed by atoms with Gasteiger partial charge in [0.1, 0.15) is 16.0 Å². The number of nitrogens with one attached hydrogen (secondary N) is 2. The summed E-state index contributed by atoms with van der Waals surface area (Å²) >= 11 is 1.16. The molecule has 3 aliphatic rings. The number of nitrogens with two attached hydrogens (primary N) is 1. The fraction of sp³-hybridized carbons (Fsp3) is 0.429. The van der Waals surface area contributed by atoms with Crippen LogP contribution in [0, 0.1) is 11.7 Å². The lowest BCUT2D eigenvalue weighted by molar-refractivity contribution is 0.107. The molecule has 0 spiro atoms. The Balaban J connectivity index is 1.62. The van der Waals surface area contributed by atoms with Crippen LogP contribution < -0.4 is 27.1 Å². The van der Waals surface area contributed by atoms with E-state index in [9.17, 15) is 9.59 Å². The van der Waals surface area contributed by atoms with Crippen LogP contribution in [-0.2, 0) is 4.84 Å². The third-order valence-corrected chi connectivity index (χ3v) is 7.59. The van der Waals surface area contributed by atoms with E-state index >= 15 is 4.39 Å². The van der Waals surface area contributed by atoms with Gasteiger partial charge in [-0.3, -0.25) is 24.3 Å².